The lowest BCUT2D eigenvalue weighted by Gasteiger charge is -1.93. The van der Waals surface area contributed by atoms with Crippen molar-refractivity contribution in [2.24, 2.45) is 0 Å². The molecule has 0 aliphatic heterocycles. The van der Waals surface area contributed by atoms with Gasteiger partial charge < -0.3 is 10.8 Å². The highest BCUT2D eigenvalue weighted by atomic mass is 16.2. The fourth-order valence-electron chi connectivity index (χ4n) is 0.737. The molecule has 0 aromatic carbocycles. The van der Waals surface area contributed by atoms with Crippen LogP contribution >= 0.6 is 0 Å². The maximum atomic E-state index is 8.46. The van der Waals surface area contributed by atoms with Crippen LogP contribution in [-0.4, -0.2) is 16.7 Å². The molecule has 3 nitrogen and oxygen atoms in total. The van der Waals surface area contributed by atoms with Crippen LogP contribution < -0.4 is 5.73 Å². The van der Waals surface area contributed by atoms with E-state index in [1.54, 1.807) is 18.3 Å². The molecule has 0 bridgehead atoms. The second kappa shape index (κ2) is 4.37. The molecule has 0 amide bonds. The van der Waals surface area contributed by atoms with Gasteiger partial charge in [0, 0.05) is 12.6 Å². The molecule has 12 heavy (non-hydrogen) atoms. The molecule has 0 radical (unpaired) electrons. The number of aliphatic hydroxyl groups is 1. The largest absolute Gasteiger partial charge is 0.395 e. The molecule has 3 heteroatoms. The lowest BCUT2D eigenvalue weighted by molar-refractivity contribution is 0.305. The van der Waals surface area contributed by atoms with Crippen LogP contribution in [0.25, 0.3) is 0 Å². The second-order valence-corrected chi connectivity index (χ2v) is 2.21. The third-order valence-corrected chi connectivity index (χ3v) is 1.30. The Morgan fingerprint density at radius 2 is 2.42 bits per heavy atom. The summed E-state index contributed by atoms with van der Waals surface area (Å²) in [5.74, 6) is 6.02. The first-order chi connectivity index (χ1) is 5.84. The SMILES string of the molecule is Nc1ncccc1C#CCCO. The molecule has 0 fully saturated rings. The second-order valence-electron chi connectivity index (χ2n) is 2.21. The van der Waals surface area contributed by atoms with E-state index in [0.29, 0.717) is 17.8 Å². The Morgan fingerprint density at radius 1 is 1.58 bits per heavy atom. The van der Waals surface area contributed by atoms with Crippen LogP contribution in [-0.2, 0) is 0 Å². The lowest BCUT2D eigenvalue weighted by atomic mass is 10.2. The van der Waals surface area contributed by atoms with Gasteiger partial charge in [0.2, 0.25) is 0 Å². The van der Waals surface area contributed by atoms with E-state index in [0.717, 1.165) is 0 Å². The monoisotopic (exact) mass is 162 g/mol. The predicted octanol–water partition coefficient (Wildman–Crippen LogP) is 0.398. The molecule has 0 atom stereocenters. The average Bonchev–Trinajstić information content (AvgIpc) is 2.09. The summed E-state index contributed by atoms with van der Waals surface area (Å²) in [6.07, 6.45) is 2.08. The molecule has 1 rings (SSSR count). The summed E-state index contributed by atoms with van der Waals surface area (Å²) in [6.45, 7) is 0.0766. The van der Waals surface area contributed by atoms with E-state index < -0.39 is 0 Å². The Labute approximate surface area is 71.2 Å². The van der Waals surface area contributed by atoms with Crippen molar-refractivity contribution in [3.63, 3.8) is 0 Å². The van der Waals surface area contributed by atoms with Gasteiger partial charge in [-0.25, -0.2) is 4.98 Å². The molecule has 0 saturated heterocycles. The predicted molar refractivity (Wildman–Crippen MR) is 47.2 cm³/mol. The molecular formula is C9H10N2O. The normalized spacial score (nSPS) is 8.75. The van der Waals surface area contributed by atoms with Crippen molar-refractivity contribution in [2.75, 3.05) is 12.3 Å². The van der Waals surface area contributed by atoms with Crippen molar-refractivity contribution >= 4 is 5.82 Å². The number of nitrogen functional groups attached to an aromatic ring is 1. The summed E-state index contributed by atoms with van der Waals surface area (Å²) < 4.78 is 0. The minimum atomic E-state index is 0.0766. The summed E-state index contributed by atoms with van der Waals surface area (Å²) in [5.41, 5.74) is 6.24. The number of aromatic nitrogens is 1. The number of aliphatic hydroxyl groups excluding tert-OH is 1. The van der Waals surface area contributed by atoms with Gasteiger partial charge in [-0.05, 0) is 12.1 Å². The smallest absolute Gasteiger partial charge is 0.139 e. The molecule has 1 aromatic heterocycles. The summed E-state index contributed by atoms with van der Waals surface area (Å²) in [5, 5.41) is 8.46. The van der Waals surface area contributed by atoms with Crippen molar-refractivity contribution < 1.29 is 5.11 Å². The first kappa shape index (κ1) is 8.57. The molecule has 1 aromatic rings. The lowest BCUT2D eigenvalue weighted by Crippen LogP contribution is -1.92. The molecule has 0 spiro atoms. The van der Waals surface area contributed by atoms with Gasteiger partial charge in [0.25, 0.3) is 0 Å². The molecular weight excluding hydrogens is 152 g/mol. The Kier molecular flexibility index (Phi) is 3.12. The van der Waals surface area contributed by atoms with E-state index in [1.165, 1.54) is 0 Å². The van der Waals surface area contributed by atoms with Crippen molar-refractivity contribution in [1.82, 2.24) is 4.98 Å². The van der Waals surface area contributed by atoms with Gasteiger partial charge >= 0.3 is 0 Å². The van der Waals surface area contributed by atoms with E-state index in [2.05, 4.69) is 16.8 Å². The van der Waals surface area contributed by atoms with Gasteiger partial charge in [-0.3, -0.25) is 0 Å². The maximum absolute atomic E-state index is 8.46. The van der Waals surface area contributed by atoms with Crippen molar-refractivity contribution in [3.8, 4) is 11.8 Å². The quantitative estimate of drug-likeness (QED) is 0.587. The number of pyridine rings is 1. The van der Waals surface area contributed by atoms with Crippen molar-refractivity contribution in [1.29, 1.82) is 0 Å². The van der Waals surface area contributed by atoms with Crippen LogP contribution in [0.2, 0.25) is 0 Å². The third kappa shape index (κ3) is 2.26. The van der Waals surface area contributed by atoms with Gasteiger partial charge in [0.1, 0.15) is 5.82 Å². The maximum Gasteiger partial charge on any atom is 0.139 e. The molecule has 0 saturated carbocycles. The highest BCUT2D eigenvalue weighted by molar-refractivity contribution is 5.49. The summed E-state index contributed by atoms with van der Waals surface area (Å²) in [4.78, 5) is 3.87. The minimum absolute atomic E-state index is 0.0766. The van der Waals surface area contributed by atoms with Crippen LogP contribution in [0.3, 0.4) is 0 Å². The average molecular weight is 162 g/mol. The van der Waals surface area contributed by atoms with Gasteiger partial charge in [0.15, 0.2) is 0 Å². The number of hydrogen-bond donors (Lipinski definition) is 2. The third-order valence-electron chi connectivity index (χ3n) is 1.30. The molecule has 0 unspecified atom stereocenters. The zero-order chi connectivity index (χ0) is 8.81. The molecule has 62 valence electrons. The Balaban J connectivity index is 2.77. The Bertz CT molecular complexity index is 312. The van der Waals surface area contributed by atoms with E-state index in [9.17, 15) is 0 Å². The first-order valence-electron chi connectivity index (χ1n) is 3.65. The van der Waals surface area contributed by atoms with E-state index in [-0.39, 0.29) is 6.61 Å². The van der Waals surface area contributed by atoms with Crippen LogP contribution in [0.4, 0.5) is 5.82 Å². The number of nitrogens with zero attached hydrogens (tertiary/aromatic N) is 1. The number of rotatable bonds is 1. The topological polar surface area (TPSA) is 59.1 Å². The van der Waals surface area contributed by atoms with E-state index >= 15 is 0 Å². The zero-order valence-corrected chi connectivity index (χ0v) is 6.62. The van der Waals surface area contributed by atoms with Crippen LogP contribution in [0.5, 0.6) is 0 Å². The fourth-order valence-corrected chi connectivity index (χ4v) is 0.737. The summed E-state index contributed by atoms with van der Waals surface area (Å²) in [6, 6.07) is 3.58. The van der Waals surface area contributed by atoms with E-state index in [4.69, 9.17) is 10.8 Å². The highest BCUT2D eigenvalue weighted by Crippen LogP contribution is 2.03. The molecule has 0 aliphatic carbocycles. The van der Waals surface area contributed by atoms with E-state index in [1.807, 2.05) is 0 Å². The number of nitrogens with two attached hydrogens (primary N) is 1. The van der Waals surface area contributed by atoms with Gasteiger partial charge in [-0.2, -0.15) is 0 Å². The fraction of sp³-hybridized carbons (Fsp3) is 0.222. The number of anilines is 1. The standard InChI is InChI=1S/C9H10N2O/c10-9-8(4-1-2-7-12)5-3-6-11-9/h3,5-6,12H,2,7H2,(H2,10,11). The van der Waals surface area contributed by atoms with Crippen molar-refractivity contribution in [3.05, 3.63) is 23.9 Å². The summed E-state index contributed by atoms with van der Waals surface area (Å²) in [7, 11) is 0. The Hall–Kier alpha value is -1.53. The van der Waals surface area contributed by atoms with Gasteiger partial charge in [-0.1, -0.05) is 11.8 Å². The van der Waals surface area contributed by atoms with Crippen LogP contribution in [0.1, 0.15) is 12.0 Å². The van der Waals surface area contributed by atoms with Gasteiger partial charge in [0.05, 0.1) is 12.2 Å². The van der Waals surface area contributed by atoms with Crippen molar-refractivity contribution in [2.45, 2.75) is 6.42 Å². The highest BCUT2D eigenvalue weighted by Gasteiger charge is 1.91. The number of hydrogen-bond acceptors (Lipinski definition) is 3. The zero-order valence-electron chi connectivity index (χ0n) is 6.62. The summed E-state index contributed by atoms with van der Waals surface area (Å²) >= 11 is 0. The van der Waals surface area contributed by atoms with Crippen LogP contribution in [0.15, 0.2) is 18.3 Å². The molecule has 3 N–H and O–H groups in total. The van der Waals surface area contributed by atoms with Gasteiger partial charge in [-0.15, -0.1) is 0 Å². The first-order valence-corrected chi connectivity index (χ1v) is 3.65. The minimum Gasteiger partial charge on any atom is -0.395 e. The molecule has 0 aliphatic rings. The van der Waals surface area contributed by atoms with Crippen LogP contribution in [0, 0.1) is 11.8 Å². The molecule has 1 heterocycles. The Morgan fingerprint density at radius 3 is 3.08 bits per heavy atom.